The van der Waals surface area contributed by atoms with Gasteiger partial charge in [0.25, 0.3) is 0 Å². The summed E-state index contributed by atoms with van der Waals surface area (Å²) in [5.41, 5.74) is 4.66. The maximum absolute atomic E-state index is 13.2. The molecule has 0 unspecified atom stereocenters. The maximum Gasteiger partial charge on any atom is 0.243 e. The number of rotatable bonds is 5. The Kier molecular flexibility index (Phi) is 4.65. The minimum atomic E-state index is -3.86. The van der Waals surface area contributed by atoms with Crippen LogP contribution in [0, 0.1) is 0 Å². The van der Waals surface area contributed by atoms with Crippen LogP contribution in [0.4, 0.5) is 0 Å². The van der Waals surface area contributed by atoms with Gasteiger partial charge >= 0.3 is 0 Å². The summed E-state index contributed by atoms with van der Waals surface area (Å²) in [7, 11) is -7.10. The third kappa shape index (κ3) is 3.44. The zero-order valence-electron chi connectivity index (χ0n) is 14.1. The lowest BCUT2D eigenvalue weighted by Gasteiger charge is -2.36. The molecule has 0 bridgehead atoms. The first-order chi connectivity index (χ1) is 11.7. The molecular formula is C17H22N2O4S2. The van der Waals surface area contributed by atoms with E-state index in [-0.39, 0.29) is 35.9 Å². The third-order valence-electron chi connectivity index (χ3n) is 4.73. The van der Waals surface area contributed by atoms with E-state index in [2.05, 4.69) is 0 Å². The lowest BCUT2D eigenvalue weighted by molar-refractivity contribution is 0.238. The fourth-order valence-corrected chi connectivity index (χ4v) is 7.52. The van der Waals surface area contributed by atoms with Gasteiger partial charge in [0.2, 0.25) is 10.0 Å². The molecule has 136 valence electrons. The largest absolute Gasteiger partial charge is 0.329 e. The Bertz CT molecular complexity index is 1000. The first kappa shape index (κ1) is 18.3. The van der Waals surface area contributed by atoms with E-state index in [0.29, 0.717) is 0 Å². The highest BCUT2D eigenvalue weighted by Gasteiger charge is 2.47. The SMILES string of the molecule is C[C@]1(N(CCN)S(=O)(=O)c2ccc3ccccc3c2)CCS(=O)(=O)C1. The number of hydrogen-bond donors (Lipinski definition) is 1. The summed E-state index contributed by atoms with van der Waals surface area (Å²) < 4.78 is 51.6. The topological polar surface area (TPSA) is 97.5 Å². The van der Waals surface area contributed by atoms with Crippen molar-refractivity contribution in [2.45, 2.75) is 23.8 Å². The molecule has 3 rings (SSSR count). The van der Waals surface area contributed by atoms with Crippen LogP contribution in [0.5, 0.6) is 0 Å². The van der Waals surface area contributed by atoms with E-state index in [1.165, 1.54) is 4.31 Å². The molecule has 1 atom stereocenters. The molecule has 1 fully saturated rings. The molecule has 2 N–H and O–H groups in total. The summed E-state index contributed by atoms with van der Waals surface area (Å²) in [6, 6.07) is 12.5. The minimum Gasteiger partial charge on any atom is -0.329 e. The van der Waals surface area contributed by atoms with Gasteiger partial charge in [-0.25, -0.2) is 16.8 Å². The smallest absolute Gasteiger partial charge is 0.243 e. The average molecular weight is 383 g/mol. The standard InChI is InChI=1S/C17H22N2O4S2/c1-17(8-11-24(20,21)13-17)19(10-9-18)25(22,23)16-7-6-14-4-2-3-5-15(14)12-16/h2-7,12H,8-11,13,18H2,1H3/t17-/m0/s1. The van der Waals surface area contributed by atoms with Crippen LogP contribution in [0.3, 0.4) is 0 Å². The number of benzene rings is 2. The molecule has 0 spiro atoms. The Morgan fingerprint density at radius 3 is 2.44 bits per heavy atom. The molecule has 0 saturated carbocycles. The summed E-state index contributed by atoms with van der Waals surface area (Å²) in [6.45, 7) is 1.90. The van der Waals surface area contributed by atoms with Gasteiger partial charge in [0, 0.05) is 18.6 Å². The van der Waals surface area contributed by atoms with Crippen molar-refractivity contribution in [2.75, 3.05) is 24.6 Å². The molecule has 0 aromatic heterocycles. The van der Waals surface area contributed by atoms with E-state index < -0.39 is 25.4 Å². The van der Waals surface area contributed by atoms with Crippen LogP contribution in [0.2, 0.25) is 0 Å². The second-order valence-electron chi connectivity index (χ2n) is 6.71. The Labute approximate surface area is 148 Å². The summed E-state index contributed by atoms with van der Waals surface area (Å²) in [4.78, 5) is 0.158. The van der Waals surface area contributed by atoms with Crippen molar-refractivity contribution in [3.63, 3.8) is 0 Å². The van der Waals surface area contributed by atoms with Crippen LogP contribution in [-0.2, 0) is 19.9 Å². The molecule has 8 heteroatoms. The predicted molar refractivity (Wildman–Crippen MR) is 98.6 cm³/mol. The van der Waals surface area contributed by atoms with Crippen LogP contribution in [0.1, 0.15) is 13.3 Å². The Hall–Kier alpha value is -1.48. The predicted octanol–water partition coefficient (Wildman–Crippen LogP) is 1.37. The zero-order valence-corrected chi connectivity index (χ0v) is 15.7. The van der Waals surface area contributed by atoms with Gasteiger partial charge in [-0.2, -0.15) is 4.31 Å². The first-order valence-electron chi connectivity index (χ1n) is 8.10. The van der Waals surface area contributed by atoms with Crippen molar-refractivity contribution < 1.29 is 16.8 Å². The molecule has 2 aromatic carbocycles. The van der Waals surface area contributed by atoms with E-state index in [1.54, 1.807) is 25.1 Å². The molecular weight excluding hydrogens is 360 g/mol. The van der Waals surface area contributed by atoms with Crippen molar-refractivity contribution >= 4 is 30.6 Å². The number of fused-ring (bicyclic) bond motifs is 1. The van der Waals surface area contributed by atoms with Crippen molar-refractivity contribution in [1.82, 2.24) is 4.31 Å². The zero-order chi connectivity index (χ0) is 18.3. The summed E-state index contributed by atoms with van der Waals surface area (Å²) >= 11 is 0. The van der Waals surface area contributed by atoms with Gasteiger partial charge in [-0.15, -0.1) is 0 Å². The second-order valence-corrected chi connectivity index (χ2v) is 10.8. The number of sulfone groups is 1. The van der Waals surface area contributed by atoms with Gasteiger partial charge in [-0.1, -0.05) is 30.3 Å². The highest BCUT2D eigenvalue weighted by Crippen LogP contribution is 2.34. The van der Waals surface area contributed by atoms with Crippen molar-refractivity contribution in [1.29, 1.82) is 0 Å². The van der Waals surface area contributed by atoms with E-state index in [1.807, 2.05) is 24.3 Å². The monoisotopic (exact) mass is 382 g/mol. The fourth-order valence-electron chi connectivity index (χ4n) is 3.44. The van der Waals surface area contributed by atoms with Gasteiger partial charge in [0.05, 0.1) is 16.4 Å². The highest BCUT2D eigenvalue weighted by atomic mass is 32.2. The normalized spacial score (nSPS) is 23.3. The van der Waals surface area contributed by atoms with Gasteiger partial charge in [-0.05, 0) is 36.2 Å². The van der Waals surface area contributed by atoms with E-state index in [0.717, 1.165) is 10.8 Å². The lowest BCUT2D eigenvalue weighted by Crippen LogP contribution is -2.52. The van der Waals surface area contributed by atoms with E-state index in [9.17, 15) is 16.8 Å². The Morgan fingerprint density at radius 1 is 1.16 bits per heavy atom. The fraction of sp³-hybridized carbons (Fsp3) is 0.412. The quantitative estimate of drug-likeness (QED) is 0.842. The van der Waals surface area contributed by atoms with Gasteiger partial charge in [0.1, 0.15) is 0 Å². The van der Waals surface area contributed by atoms with E-state index in [4.69, 9.17) is 5.73 Å². The van der Waals surface area contributed by atoms with Gasteiger partial charge in [-0.3, -0.25) is 0 Å². The molecule has 0 aliphatic carbocycles. The molecule has 25 heavy (non-hydrogen) atoms. The van der Waals surface area contributed by atoms with Crippen LogP contribution < -0.4 is 5.73 Å². The van der Waals surface area contributed by atoms with Crippen molar-refractivity contribution in [3.05, 3.63) is 42.5 Å². The summed E-state index contributed by atoms with van der Waals surface area (Å²) in [5, 5.41) is 1.77. The molecule has 1 heterocycles. The van der Waals surface area contributed by atoms with Crippen LogP contribution >= 0.6 is 0 Å². The first-order valence-corrected chi connectivity index (χ1v) is 11.4. The van der Waals surface area contributed by atoms with E-state index >= 15 is 0 Å². The minimum absolute atomic E-state index is 0.00217. The molecule has 0 radical (unpaired) electrons. The average Bonchev–Trinajstić information content (AvgIpc) is 2.86. The number of nitrogens with zero attached hydrogens (tertiary/aromatic N) is 1. The van der Waals surface area contributed by atoms with Gasteiger partial charge in [0.15, 0.2) is 9.84 Å². The van der Waals surface area contributed by atoms with Crippen molar-refractivity contribution in [3.8, 4) is 0 Å². The van der Waals surface area contributed by atoms with Crippen LogP contribution in [0.25, 0.3) is 10.8 Å². The molecule has 0 amide bonds. The van der Waals surface area contributed by atoms with Crippen LogP contribution in [0.15, 0.2) is 47.4 Å². The summed E-state index contributed by atoms with van der Waals surface area (Å²) in [5.74, 6) is -0.176. The molecule has 1 saturated heterocycles. The lowest BCUT2D eigenvalue weighted by atomic mass is 10.0. The summed E-state index contributed by atoms with van der Waals surface area (Å²) in [6.07, 6.45) is 0.280. The van der Waals surface area contributed by atoms with Gasteiger partial charge < -0.3 is 5.73 Å². The number of nitrogens with two attached hydrogens (primary N) is 1. The molecule has 1 aliphatic rings. The number of hydrogen-bond acceptors (Lipinski definition) is 5. The Balaban J connectivity index is 2.07. The van der Waals surface area contributed by atoms with Crippen LogP contribution in [-0.4, -0.2) is 51.3 Å². The Morgan fingerprint density at radius 2 is 1.84 bits per heavy atom. The van der Waals surface area contributed by atoms with Crippen molar-refractivity contribution in [2.24, 2.45) is 5.73 Å². The highest BCUT2D eigenvalue weighted by molar-refractivity contribution is 7.92. The molecule has 2 aromatic rings. The number of sulfonamides is 1. The molecule has 1 aliphatic heterocycles. The molecule has 6 nitrogen and oxygen atoms in total. The second kappa shape index (κ2) is 6.35. The maximum atomic E-state index is 13.2. The third-order valence-corrected chi connectivity index (χ3v) is 8.67.